The average molecular weight is 269 g/mol. The van der Waals surface area contributed by atoms with E-state index in [0.29, 0.717) is 12.2 Å². The van der Waals surface area contributed by atoms with E-state index in [1.165, 1.54) is 5.56 Å². The topological polar surface area (TPSA) is 45.2 Å². The second-order valence-corrected chi connectivity index (χ2v) is 4.95. The first-order valence-electron chi connectivity index (χ1n) is 6.57. The third-order valence-corrected chi connectivity index (χ3v) is 2.87. The van der Waals surface area contributed by atoms with Crippen LogP contribution in [0.15, 0.2) is 48.7 Å². The number of carbonyl (C=O) groups is 1. The fourth-order valence-corrected chi connectivity index (χ4v) is 1.90. The van der Waals surface area contributed by atoms with Crippen molar-refractivity contribution in [2.45, 2.75) is 13.1 Å². The minimum atomic E-state index is -0.150. The lowest BCUT2D eigenvalue weighted by atomic mass is 10.1. The van der Waals surface area contributed by atoms with Crippen LogP contribution in [-0.4, -0.2) is 29.9 Å². The van der Waals surface area contributed by atoms with Gasteiger partial charge in [-0.05, 0) is 37.4 Å². The van der Waals surface area contributed by atoms with Crippen LogP contribution < -0.4 is 5.32 Å². The molecule has 4 nitrogen and oxygen atoms in total. The molecule has 1 N–H and O–H groups in total. The Morgan fingerprint density at radius 1 is 1.10 bits per heavy atom. The summed E-state index contributed by atoms with van der Waals surface area (Å²) in [5.74, 6) is -0.150. The van der Waals surface area contributed by atoms with Crippen LogP contribution in [0, 0.1) is 0 Å². The van der Waals surface area contributed by atoms with Gasteiger partial charge in [0, 0.05) is 19.3 Å². The molecule has 104 valence electrons. The van der Waals surface area contributed by atoms with Gasteiger partial charge in [0.1, 0.15) is 5.69 Å². The molecule has 0 spiro atoms. The molecule has 0 aliphatic rings. The maximum atomic E-state index is 11.9. The van der Waals surface area contributed by atoms with Crippen molar-refractivity contribution in [2.75, 3.05) is 14.1 Å². The molecule has 0 atom stereocenters. The van der Waals surface area contributed by atoms with Crippen LogP contribution in [0.2, 0.25) is 0 Å². The van der Waals surface area contributed by atoms with E-state index < -0.39 is 0 Å². The fourth-order valence-electron chi connectivity index (χ4n) is 1.90. The number of nitrogens with one attached hydrogen (secondary N) is 1. The Morgan fingerprint density at radius 2 is 1.80 bits per heavy atom. The summed E-state index contributed by atoms with van der Waals surface area (Å²) in [5, 5.41) is 2.86. The van der Waals surface area contributed by atoms with Crippen molar-refractivity contribution in [3.05, 3.63) is 65.5 Å². The number of hydrogen-bond donors (Lipinski definition) is 1. The van der Waals surface area contributed by atoms with Gasteiger partial charge in [-0.1, -0.05) is 30.3 Å². The molecule has 1 aromatic heterocycles. The monoisotopic (exact) mass is 269 g/mol. The van der Waals surface area contributed by atoms with Crippen LogP contribution in [0.3, 0.4) is 0 Å². The lowest BCUT2D eigenvalue weighted by molar-refractivity contribution is 0.0946. The molecule has 20 heavy (non-hydrogen) atoms. The molecule has 2 aromatic rings. The van der Waals surface area contributed by atoms with Gasteiger partial charge < -0.3 is 10.2 Å². The van der Waals surface area contributed by atoms with Crippen molar-refractivity contribution in [3.8, 4) is 0 Å². The van der Waals surface area contributed by atoms with Crippen LogP contribution >= 0.6 is 0 Å². The second-order valence-electron chi connectivity index (χ2n) is 4.95. The summed E-state index contributed by atoms with van der Waals surface area (Å²) >= 11 is 0. The van der Waals surface area contributed by atoms with Gasteiger partial charge in [0.2, 0.25) is 0 Å². The number of aromatic nitrogens is 1. The molecule has 1 aromatic carbocycles. The predicted molar refractivity (Wildman–Crippen MR) is 79.2 cm³/mol. The third-order valence-electron chi connectivity index (χ3n) is 2.87. The molecule has 0 aliphatic carbocycles. The number of rotatable bonds is 5. The van der Waals surface area contributed by atoms with Crippen LogP contribution in [0.4, 0.5) is 0 Å². The standard InChI is InChI=1S/C16H19N3O/c1-19(2)12-14-8-6-13(7-9-14)11-18-16(20)15-5-3-4-10-17-15/h3-10H,11-12H2,1-2H3,(H,18,20). The van der Waals surface area contributed by atoms with E-state index in [4.69, 9.17) is 0 Å². The Hall–Kier alpha value is -2.20. The van der Waals surface area contributed by atoms with Crippen molar-refractivity contribution in [1.82, 2.24) is 15.2 Å². The van der Waals surface area contributed by atoms with Crippen LogP contribution in [0.5, 0.6) is 0 Å². The number of benzene rings is 1. The van der Waals surface area contributed by atoms with Gasteiger partial charge in [0.15, 0.2) is 0 Å². The molecule has 4 heteroatoms. The van der Waals surface area contributed by atoms with Gasteiger partial charge in [0.05, 0.1) is 0 Å². The highest BCUT2D eigenvalue weighted by Crippen LogP contribution is 2.06. The van der Waals surface area contributed by atoms with Crippen molar-refractivity contribution in [2.24, 2.45) is 0 Å². The SMILES string of the molecule is CN(C)Cc1ccc(CNC(=O)c2ccccn2)cc1. The normalized spacial score (nSPS) is 10.6. The van der Waals surface area contributed by atoms with E-state index in [1.54, 1.807) is 24.4 Å². The lowest BCUT2D eigenvalue weighted by Crippen LogP contribution is -2.23. The van der Waals surface area contributed by atoms with Gasteiger partial charge in [-0.3, -0.25) is 9.78 Å². The summed E-state index contributed by atoms with van der Waals surface area (Å²) < 4.78 is 0. The average Bonchev–Trinajstić information content (AvgIpc) is 2.46. The number of pyridine rings is 1. The molecule has 0 aliphatic heterocycles. The van der Waals surface area contributed by atoms with Gasteiger partial charge in [-0.15, -0.1) is 0 Å². The lowest BCUT2D eigenvalue weighted by Gasteiger charge is -2.10. The Balaban J connectivity index is 1.89. The molecule has 2 rings (SSSR count). The third kappa shape index (κ3) is 4.17. The van der Waals surface area contributed by atoms with Crippen molar-refractivity contribution in [1.29, 1.82) is 0 Å². The second kappa shape index (κ2) is 6.82. The molecule has 0 radical (unpaired) electrons. The highest BCUT2D eigenvalue weighted by Gasteiger charge is 2.05. The van der Waals surface area contributed by atoms with Gasteiger partial charge >= 0.3 is 0 Å². The maximum absolute atomic E-state index is 11.9. The maximum Gasteiger partial charge on any atom is 0.270 e. The summed E-state index contributed by atoms with van der Waals surface area (Å²) in [5.41, 5.74) is 2.78. The molecular formula is C16H19N3O. The number of carbonyl (C=O) groups excluding carboxylic acids is 1. The Bertz CT molecular complexity index is 550. The van der Waals surface area contributed by atoms with Gasteiger partial charge in [-0.25, -0.2) is 0 Å². The zero-order valence-electron chi connectivity index (χ0n) is 11.8. The first-order chi connectivity index (χ1) is 9.65. The number of nitrogens with zero attached hydrogens (tertiary/aromatic N) is 2. The van der Waals surface area contributed by atoms with Gasteiger partial charge in [-0.2, -0.15) is 0 Å². The minimum absolute atomic E-state index is 0.150. The summed E-state index contributed by atoms with van der Waals surface area (Å²) in [6, 6.07) is 13.5. The largest absolute Gasteiger partial charge is 0.347 e. The summed E-state index contributed by atoms with van der Waals surface area (Å²) in [4.78, 5) is 18.0. The molecule has 0 bridgehead atoms. The zero-order chi connectivity index (χ0) is 14.4. The molecule has 0 unspecified atom stereocenters. The highest BCUT2D eigenvalue weighted by molar-refractivity contribution is 5.92. The van der Waals surface area contributed by atoms with E-state index in [-0.39, 0.29) is 5.91 Å². The Morgan fingerprint density at radius 3 is 2.40 bits per heavy atom. The predicted octanol–water partition coefficient (Wildman–Crippen LogP) is 2.07. The minimum Gasteiger partial charge on any atom is -0.347 e. The molecule has 1 amide bonds. The van der Waals surface area contributed by atoms with E-state index in [9.17, 15) is 4.79 Å². The van der Waals surface area contributed by atoms with Crippen molar-refractivity contribution < 1.29 is 4.79 Å². The molecular weight excluding hydrogens is 250 g/mol. The van der Waals surface area contributed by atoms with Crippen molar-refractivity contribution in [3.63, 3.8) is 0 Å². The number of amides is 1. The highest BCUT2D eigenvalue weighted by atomic mass is 16.1. The zero-order valence-corrected chi connectivity index (χ0v) is 11.8. The summed E-state index contributed by atoms with van der Waals surface area (Å²) in [7, 11) is 4.09. The first-order valence-corrected chi connectivity index (χ1v) is 6.57. The van der Waals surface area contributed by atoms with E-state index in [1.807, 2.05) is 26.2 Å². The van der Waals surface area contributed by atoms with Crippen LogP contribution in [0.1, 0.15) is 21.6 Å². The quantitative estimate of drug-likeness (QED) is 0.904. The molecule has 1 heterocycles. The van der Waals surface area contributed by atoms with Crippen LogP contribution in [-0.2, 0) is 13.1 Å². The Kier molecular flexibility index (Phi) is 4.85. The van der Waals surface area contributed by atoms with E-state index in [2.05, 4.69) is 27.3 Å². The molecule has 0 fully saturated rings. The number of hydrogen-bond acceptors (Lipinski definition) is 3. The van der Waals surface area contributed by atoms with E-state index >= 15 is 0 Å². The van der Waals surface area contributed by atoms with E-state index in [0.717, 1.165) is 12.1 Å². The van der Waals surface area contributed by atoms with Crippen LogP contribution in [0.25, 0.3) is 0 Å². The fraction of sp³-hybridized carbons (Fsp3) is 0.250. The summed E-state index contributed by atoms with van der Waals surface area (Å²) in [6.45, 7) is 1.43. The summed E-state index contributed by atoms with van der Waals surface area (Å²) in [6.07, 6.45) is 1.62. The first kappa shape index (κ1) is 14.2. The Labute approximate surface area is 119 Å². The van der Waals surface area contributed by atoms with Gasteiger partial charge in [0.25, 0.3) is 5.91 Å². The van der Waals surface area contributed by atoms with Crippen molar-refractivity contribution >= 4 is 5.91 Å². The molecule has 0 saturated carbocycles. The molecule has 0 saturated heterocycles. The smallest absolute Gasteiger partial charge is 0.270 e.